The molecule has 1 nitrogen and oxygen atoms in total. The Kier molecular flexibility index (Phi) is 5.64. The van der Waals surface area contributed by atoms with Crippen LogP contribution in [-0.2, 0) is 0 Å². The van der Waals surface area contributed by atoms with Crippen molar-refractivity contribution in [1.29, 1.82) is 5.41 Å². The van der Waals surface area contributed by atoms with Crippen molar-refractivity contribution in [3.8, 4) is 0 Å². The summed E-state index contributed by atoms with van der Waals surface area (Å²) in [7, 11) is 0. The van der Waals surface area contributed by atoms with E-state index in [4.69, 9.17) is 5.41 Å². The van der Waals surface area contributed by atoms with Crippen molar-refractivity contribution in [2.45, 2.75) is 6.92 Å². The maximum atomic E-state index is 7.52. The SMILES string of the molecule is CCSC(=N)c1cccs1.Cl. The average Bonchev–Trinajstić information content (AvgIpc) is 2.38. The fourth-order valence-electron chi connectivity index (χ4n) is 0.623. The molecular formula is C7H10ClNS2. The molecule has 0 aliphatic heterocycles. The summed E-state index contributed by atoms with van der Waals surface area (Å²) in [5.41, 5.74) is 0. The topological polar surface area (TPSA) is 23.9 Å². The van der Waals surface area contributed by atoms with Gasteiger partial charge in [0.15, 0.2) is 0 Å². The largest absolute Gasteiger partial charge is 0.293 e. The maximum absolute atomic E-state index is 7.52. The third kappa shape index (κ3) is 3.27. The van der Waals surface area contributed by atoms with Crippen LogP contribution in [0, 0.1) is 5.41 Å². The molecule has 1 rings (SSSR count). The molecule has 0 radical (unpaired) electrons. The van der Waals surface area contributed by atoms with Crippen LogP contribution in [-0.4, -0.2) is 10.8 Å². The van der Waals surface area contributed by atoms with E-state index in [0.717, 1.165) is 10.6 Å². The molecule has 0 fully saturated rings. The number of hydrogen-bond acceptors (Lipinski definition) is 3. The second kappa shape index (κ2) is 5.63. The smallest absolute Gasteiger partial charge is 0.104 e. The Bertz CT molecular complexity index is 208. The first kappa shape index (κ1) is 11.0. The highest BCUT2D eigenvalue weighted by Gasteiger charge is 1.99. The minimum atomic E-state index is 0. The van der Waals surface area contributed by atoms with Crippen LogP contribution >= 0.6 is 35.5 Å². The van der Waals surface area contributed by atoms with Gasteiger partial charge in [0, 0.05) is 0 Å². The molecule has 0 saturated carbocycles. The first-order valence-corrected chi connectivity index (χ1v) is 4.96. The van der Waals surface area contributed by atoms with Gasteiger partial charge in [0.25, 0.3) is 0 Å². The van der Waals surface area contributed by atoms with Crippen LogP contribution in [0.4, 0.5) is 0 Å². The monoisotopic (exact) mass is 207 g/mol. The molecule has 0 saturated heterocycles. The van der Waals surface area contributed by atoms with Crippen molar-refractivity contribution in [1.82, 2.24) is 0 Å². The first-order valence-electron chi connectivity index (χ1n) is 3.10. The molecule has 1 heterocycles. The molecule has 1 N–H and O–H groups in total. The molecule has 1 aromatic heterocycles. The maximum Gasteiger partial charge on any atom is 0.104 e. The zero-order valence-corrected chi connectivity index (χ0v) is 8.61. The van der Waals surface area contributed by atoms with Gasteiger partial charge in [-0.05, 0) is 17.2 Å². The van der Waals surface area contributed by atoms with Crippen molar-refractivity contribution in [2.75, 3.05) is 5.75 Å². The number of hydrogen-bond donors (Lipinski definition) is 1. The Morgan fingerprint density at radius 3 is 2.91 bits per heavy atom. The molecule has 0 aliphatic rings. The third-order valence-electron chi connectivity index (χ3n) is 1.03. The summed E-state index contributed by atoms with van der Waals surface area (Å²) in [5.74, 6) is 0.983. The summed E-state index contributed by atoms with van der Waals surface area (Å²) in [4.78, 5) is 1.08. The van der Waals surface area contributed by atoms with Crippen molar-refractivity contribution in [3.63, 3.8) is 0 Å². The van der Waals surface area contributed by atoms with Crippen LogP contribution in [0.1, 0.15) is 11.8 Å². The van der Waals surface area contributed by atoms with Gasteiger partial charge in [-0.25, -0.2) is 0 Å². The highest BCUT2D eigenvalue weighted by molar-refractivity contribution is 8.14. The Balaban J connectivity index is 0.000001000. The van der Waals surface area contributed by atoms with Crippen LogP contribution in [0.2, 0.25) is 0 Å². The lowest BCUT2D eigenvalue weighted by Crippen LogP contribution is -1.87. The molecule has 0 bridgehead atoms. The van der Waals surface area contributed by atoms with E-state index in [9.17, 15) is 0 Å². The van der Waals surface area contributed by atoms with Gasteiger partial charge >= 0.3 is 0 Å². The predicted octanol–water partition coefficient (Wildman–Crippen LogP) is 3.25. The molecule has 0 atom stereocenters. The summed E-state index contributed by atoms with van der Waals surface area (Å²) in [6, 6.07) is 3.96. The Hall–Kier alpha value is 0.01000. The highest BCUT2D eigenvalue weighted by atomic mass is 35.5. The van der Waals surface area contributed by atoms with Gasteiger partial charge in [0.1, 0.15) is 5.04 Å². The van der Waals surface area contributed by atoms with Gasteiger partial charge in [-0.2, -0.15) is 0 Å². The van der Waals surface area contributed by atoms with Gasteiger partial charge in [-0.3, -0.25) is 5.41 Å². The molecule has 11 heavy (non-hydrogen) atoms. The van der Waals surface area contributed by atoms with Crippen LogP contribution in [0.3, 0.4) is 0 Å². The van der Waals surface area contributed by atoms with E-state index in [0.29, 0.717) is 5.04 Å². The lowest BCUT2D eigenvalue weighted by Gasteiger charge is -1.94. The molecule has 0 aliphatic carbocycles. The number of thioether (sulfide) groups is 1. The zero-order chi connectivity index (χ0) is 7.40. The Labute approximate surface area is 81.1 Å². The minimum Gasteiger partial charge on any atom is -0.293 e. The molecular weight excluding hydrogens is 198 g/mol. The molecule has 0 spiro atoms. The van der Waals surface area contributed by atoms with Gasteiger partial charge in [-0.15, -0.1) is 35.5 Å². The fraction of sp³-hybridized carbons (Fsp3) is 0.286. The van der Waals surface area contributed by atoms with Gasteiger partial charge < -0.3 is 0 Å². The number of thiophene rings is 1. The molecule has 0 unspecified atom stereocenters. The second-order valence-electron chi connectivity index (χ2n) is 1.74. The summed E-state index contributed by atoms with van der Waals surface area (Å²) in [6.45, 7) is 2.06. The first-order chi connectivity index (χ1) is 4.84. The van der Waals surface area contributed by atoms with Crippen LogP contribution < -0.4 is 0 Å². The van der Waals surface area contributed by atoms with E-state index in [2.05, 4.69) is 6.92 Å². The normalized spacial score (nSPS) is 8.82. The van der Waals surface area contributed by atoms with Crippen LogP contribution in [0.15, 0.2) is 17.5 Å². The summed E-state index contributed by atoms with van der Waals surface area (Å²) in [5, 5.41) is 10.2. The zero-order valence-electron chi connectivity index (χ0n) is 6.16. The van der Waals surface area contributed by atoms with Gasteiger partial charge in [0.05, 0.1) is 4.88 Å². The number of halogens is 1. The predicted molar refractivity (Wildman–Crippen MR) is 56.5 cm³/mol. The van der Waals surface area contributed by atoms with E-state index in [1.54, 1.807) is 23.1 Å². The van der Waals surface area contributed by atoms with Crippen molar-refractivity contribution in [3.05, 3.63) is 22.4 Å². The van der Waals surface area contributed by atoms with E-state index >= 15 is 0 Å². The van der Waals surface area contributed by atoms with E-state index in [-0.39, 0.29) is 12.4 Å². The standard InChI is InChI=1S/C7H9NS2.ClH/c1-2-9-7(8)6-4-3-5-10-6;/h3-5,8H,2H2,1H3;1H. The summed E-state index contributed by atoms with van der Waals surface area (Å²) in [6.07, 6.45) is 0. The Morgan fingerprint density at radius 2 is 2.45 bits per heavy atom. The minimum absolute atomic E-state index is 0. The molecule has 0 amide bonds. The third-order valence-corrected chi connectivity index (χ3v) is 2.85. The van der Waals surface area contributed by atoms with E-state index in [1.807, 2.05) is 17.5 Å². The molecule has 62 valence electrons. The average molecular weight is 208 g/mol. The van der Waals surface area contributed by atoms with E-state index < -0.39 is 0 Å². The lowest BCUT2D eigenvalue weighted by atomic mass is 10.5. The number of rotatable bonds is 2. The van der Waals surface area contributed by atoms with Crippen LogP contribution in [0.5, 0.6) is 0 Å². The molecule has 4 heteroatoms. The number of nitrogens with one attached hydrogen (secondary N) is 1. The quantitative estimate of drug-likeness (QED) is 0.584. The van der Waals surface area contributed by atoms with Crippen molar-refractivity contribution < 1.29 is 0 Å². The van der Waals surface area contributed by atoms with Crippen molar-refractivity contribution >= 4 is 40.5 Å². The van der Waals surface area contributed by atoms with Crippen molar-refractivity contribution in [2.24, 2.45) is 0 Å². The Morgan fingerprint density at radius 1 is 1.73 bits per heavy atom. The summed E-state index contributed by atoms with van der Waals surface area (Å²) >= 11 is 3.21. The molecule has 0 aromatic carbocycles. The van der Waals surface area contributed by atoms with Gasteiger partial charge in [0.2, 0.25) is 0 Å². The fourth-order valence-corrected chi connectivity index (χ4v) is 2.01. The lowest BCUT2D eigenvalue weighted by molar-refractivity contribution is 1.52. The second-order valence-corrected chi connectivity index (χ2v) is 3.96. The summed E-state index contributed by atoms with van der Waals surface area (Å²) < 4.78 is 0. The van der Waals surface area contributed by atoms with E-state index in [1.165, 1.54) is 0 Å². The van der Waals surface area contributed by atoms with Gasteiger partial charge in [-0.1, -0.05) is 13.0 Å². The van der Waals surface area contributed by atoms with Crippen LogP contribution in [0.25, 0.3) is 0 Å². The highest BCUT2D eigenvalue weighted by Crippen LogP contribution is 2.16. The molecule has 1 aromatic rings.